The van der Waals surface area contributed by atoms with E-state index in [-0.39, 0.29) is 11.7 Å². The first-order chi connectivity index (χ1) is 9.90. The second-order valence-electron chi connectivity index (χ2n) is 5.39. The van der Waals surface area contributed by atoms with E-state index in [9.17, 15) is 19.3 Å². The number of carboxylic acid groups (broad SMARTS) is 1. The van der Waals surface area contributed by atoms with E-state index in [0.717, 1.165) is 31.7 Å². The molecule has 1 aliphatic rings. The Labute approximate surface area is 121 Å². The van der Waals surface area contributed by atoms with E-state index < -0.39 is 28.0 Å². The summed E-state index contributed by atoms with van der Waals surface area (Å²) < 4.78 is 13.6. The fourth-order valence-corrected chi connectivity index (χ4v) is 2.81. The van der Waals surface area contributed by atoms with Crippen LogP contribution in [-0.4, -0.2) is 22.0 Å². The van der Waals surface area contributed by atoms with E-state index in [2.05, 4.69) is 5.32 Å². The highest BCUT2D eigenvalue weighted by molar-refractivity contribution is 5.90. The zero-order valence-corrected chi connectivity index (χ0v) is 11.6. The zero-order chi connectivity index (χ0) is 15.6. The molecule has 6 nitrogen and oxygen atoms in total. The fraction of sp³-hybridized carbons (Fsp3) is 0.500. The first-order valence-electron chi connectivity index (χ1n) is 6.88. The van der Waals surface area contributed by atoms with Gasteiger partial charge in [0.2, 0.25) is 0 Å². The maximum Gasteiger partial charge on any atom is 0.338 e. The molecule has 21 heavy (non-hydrogen) atoms. The molecule has 0 bridgehead atoms. The average Bonchev–Trinajstić information content (AvgIpc) is 2.93. The third-order valence-corrected chi connectivity index (χ3v) is 4.00. The molecule has 7 heteroatoms. The first kappa shape index (κ1) is 15.2. The van der Waals surface area contributed by atoms with Gasteiger partial charge < -0.3 is 10.4 Å². The smallest absolute Gasteiger partial charge is 0.338 e. The van der Waals surface area contributed by atoms with Gasteiger partial charge in [-0.05, 0) is 31.7 Å². The second kappa shape index (κ2) is 6.07. The minimum atomic E-state index is -1.45. The summed E-state index contributed by atoms with van der Waals surface area (Å²) >= 11 is 0. The van der Waals surface area contributed by atoms with Crippen molar-refractivity contribution in [3.63, 3.8) is 0 Å². The Bertz CT molecular complexity index is 570. The number of carboxylic acids is 1. The molecule has 1 unspecified atom stereocenters. The van der Waals surface area contributed by atoms with Gasteiger partial charge in [0.05, 0.1) is 16.6 Å². The number of rotatable bonds is 5. The maximum atomic E-state index is 13.6. The van der Waals surface area contributed by atoms with Crippen molar-refractivity contribution in [1.29, 1.82) is 0 Å². The van der Waals surface area contributed by atoms with Crippen LogP contribution >= 0.6 is 0 Å². The molecule has 2 N–H and O–H groups in total. The Morgan fingerprint density at radius 2 is 2.10 bits per heavy atom. The van der Waals surface area contributed by atoms with Gasteiger partial charge in [-0.25, -0.2) is 9.18 Å². The predicted octanol–water partition coefficient (Wildman–Crippen LogP) is 3.42. The number of nitrogens with zero attached hydrogens (tertiary/aromatic N) is 1. The molecule has 0 saturated heterocycles. The Kier molecular flexibility index (Phi) is 4.40. The highest BCUT2D eigenvalue weighted by Crippen LogP contribution is 2.33. The zero-order valence-electron chi connectivity index (χ0n) is 11.6. The van der Waals surface area contributed by atoms with Crippen LogP contribution in [0.5, 0.6) is 0 Å². The van der Waals surface area contributed by atoms with Crippen molar-refractivity contribution < 1.29 is 19.2 Å². The lowest BCUT2D eigenvalue weighted by Crippen LogP contribution is -2.24. The summed E-state index contributed by atoms with van der Waals surface area (Å²) in [6.07, 6.45) is 4.33. The van der Waals surface area contributed by atoms with Gasteiger partial charge in [-0.2, -0.15) is 0 Å². The minimum Gasteiger partial charge on any atom is -0.478 e. The van der Waals surface area contributed by atoms with E-state index >= 15 is 0 Å². The molecule has 1 saturated carbocycles. The molecule has 0 radical (unpaired) electrons. The molecule has 0 aromatic heterocycles. The number of anilines is 1. The second-order valence-corrected chi connectivity index (χ2v) is 5.39. The van der Waals surface area contributed by atoms with Crippen LogP contribution in [0.15, 0.2) is 12.1 Å². The summed E-state index contributed by atoms with van der Waals surface area (Å²) in [5.41, 5.74) is -0.956. The summed E-state index contributed by atoms with van der Waals surface area (Å²) in [6.45, 7) is 1.91. The molecular formula is C14H17FN2O4. The number of carbonyl (C=O) groups is 1. The van der Waals surface area contributed by atoms with Gasteiger partial charge in [0, 0.05) is 6.04 Å². The van der Waals surface area contributed by atoms with Gasteiger partial charge >= 0.3 is 5.97 Å². The van der Waals surface area contributed by atoms with E-state index in [0.29, 0.717) is 12.0 Å². The lowest BCUT2D eigenvalue weighted by Gasteiger charge is -2.21. The van der Waals surface area contributed by atoms with E-state index in [4.69, 9.17) is 5.11 Å². The molecule has 1 atom stereocenters. The molecule has 2 rings (SSSR count). The monoisotopic (exact) mass is 296 g/mol. The molecule has 0 heterocycles. The molecule has 0 aliphatic heterocycles. The number of benzene rings is 1. The van der Waals surface area contributed by atoms with Crippen LogP contribution in [0.25, 0.3) is 0 Å². The highest BCUT2D eigenvalue weighted by atomic mass is 19.1. The SMILES string of the molecule is CC(Nc1cc(C(=O)O)c(F)cc1[N+](=O)[O-])C1CCCC1. The lowest BCUT2D eigenvalue weighted by atomic mass is 9.99. The van der Waals surface area contributed by atoms with Crippen LogP contribution in [-0.2, 0) is 0 Å². The van der Waals surface area contributed by atoms with Crippen LogP contribution in [0.4, 0.5) is 15.8 Å². The molecule has 114 valence electrons. The van der Waals surface area contributed by atoms with Crippen molar-refractivity contribution in [1.82, 2.24) is 0 Å². The van der Waals surface area contributed by atoms with Gasteiger partial charge in [0.1, 0.15) is 11.5 Å². The largest absolute Gasteiger partial charge is 0.478 e. The topological polar surface area (TPSA) is 92.5 Å². The van der Waals surface area contributed by atoms with E-state index in [1.165, 1.54) is 0 Å². The summed E-state index contributed by atoms with van der Waals surface area (Å²) in [4.78, 5) is 21.3. The van der Waals surface area contributed by atoms with Gasteiger partial charge in [-0.3, -0.25) is 10.1 Å². The summed E-state index contributed by atoms with van der Waals surface area (Å²) in [7, 11) is 0. The Balaban J connectivity index is 2.32. The third-order valence-electron chi connectivity index (χ3n) is 4.00. The number of nitro benzene ring substituents is 1. The highest BCUT2D eigenvalue weighted by Gasteiger charge is 2.26. The standard InChI is InChI=1S/C14H17FN2O4/c1-8(9-4-2-3-5-9)16-12-6-10(14(18)19)11(15)7-13(12)17(20)21/h6-9,16H,2-5H2,1H3,(H,18,19). The first-order valence-corrected chi connectivity index (χ1v) is 6.88. The molecule has 1 aliphatic carbocycles. The quantitative estimate of drug-likeness (QED) is 0.641. The minimum absolute atomic E-state index is 0.0293. The molecule has 0 spiro atoms. The van der Waals surface area contributed by atoms with Gasteiger partial charge in [-0.1, -0.05) is 12.8 Å². The molecule has 1 fully saturated rings. The molecule has 0 amide bonds. The van der Waals surface area contributed by atoms with Crippen molar-refractivity contribution in [3.05, 3.63) is 33.6 Å². The Morgan fingerprint density at radius 3 is 2.62 bits per heavy atom. The lowest BCUT2D eigenvalue weighted by molar-refractivity contribution is -0.384. The number of aromatic carboxylic acids is 1. The predicted molar refractivity (Wildman–Crippen MR) is 75.1 cm³/mol. The molecule has 1 aromatic carbocycles. The van der Waals surface area contributed by atoms with E-state index in [1.54, 1.807) is 0 Å². The normalized spacial score (nSPS) is 16.7. The number of halogens is 1. The molecule has 1 aromatic rings. The van der Waals surface area contributed by atoms with Crippen molar-refractivity contribution in [3.8, 4) is 0 Å². The number of nitrogens with one attached hydrogen (secondary N) is 1. The average molecular weight is 296 g/mol. The molecular weight excluding hydrogens is 279 g/mol. The summed E-state index contributed by atoms with van der Waals surface area (Å²) in [6, 6.07) is 1.63. The number of hydrogen-bond donors (Lipinski definition) is 2. The maximum absolute atomic E-state index is 13.6. The van der Waals surface area contributed by atoms with Gasteiger partial charge in [0.15, 0.2) is 0 Å². The van der Waals surface area contributed by atoms with Crippen LogP contribution in [0.2, 0.25) is 0 Å². The van der Waals surface area contributed by atoms with Crippen LogP contribution in [0.1, 0.15) is 43.0 Å². The van der Waals surface area contributed by atoms with Crippen molar-refractivity contribution in [2.45, 2.75) is 38.6 Å². The van der Waals surface area contributed by atoms with E-state index in [1.807, 2.05) is 6.92 Å². The number of hydrogen-bond acceptors (Lipinski definition) is 4. The van der Waals surface area contributed by atoms with Crippen LogP contribution in [0.3, 0.4) is 0 Å². The number of nitro groups is 1. The van der Waals surface area contributed by atoms with Crippen molar-refractivity contribution in [2.75, 3.05) is 5.32 Å². The van der Waals surface area contributed by atoms with Gasteiger partial charge in [-0.15, -0.1) is 0 Å². The van der Waals surface area contributed by atoms with Crippen LogP contribution in [0, 0.1) is 21.8 Å². The van der Waals surface area contributed by atoms with Crippen molar-refractivity contribution >= 4 is 17.3 Å². The summed E-state index contributed by atoms with van der Waals surface area (Å²) in [5.74, 6) is -2.16. The Morgan fingerprint density at radius 1 is 1.48 bits per heavy atom. The van der Waals surface area contributed by atoms with Crippen molar-refractivity contribution in [2.24, 2.45) is 5.92 Å². The Hall–Kier alpha value is -2.18. The van der Waals surface area contributed by atoms with Gasteiger partial charge in [0.25, 0.3) is 5.69 Å². The third kappa shape index (κ3) is 3.29. The van der Waals surface area contributed by atoms with Crippen LogP contribution < -0.4 is 5.32 Å². The fourth-order valence-electron chi connectivity index (χ4n) is 2.81. The summed E-state index contributed by atoms with van der Waals surface area (Å²) in [5, 5.41) is 22.9.